The Labute approximate surface area is 148 Å². The van der Waals surface area contributed by atoms with E-state index in [9.17, 15) is 22.0 Å². The number of methoxy groups -OCH3 is 1. The third-order valence-electron chi connectivity index (χ3n) is 4.74. The molecule has 2 aromatic rings. The molecule has 1 saturated carbocycles. The Morgan fingerprint density at radius 3 is 2.58 bits per heavy atom. The minimum absolute atomic E-state index is 0.0324. The summed E-state index contributed by atoms with van der Waals surface area (Å²) in [6.45, 7) is 1.43. The number of benzene rings is 1. The Hall–Kier alpha value is -2.11. The first-order valence-electron chi connectivity index (χ1n) is 7.66. The minimum Gasteiger partial charge on any atom is -0.391 e. The lowest BCUT2D eigenvalue weighted by atomic mass is 9.56. The van der Waals surface area contributed by atoms with Gasteiger partial charge in [-0.25, -0.2) is 31.8 Å². The fraction of sp³-hybridized carbons (Fsp3) is 0.467. The molecule has 0 radical (unpaired) electrons. The first kappa shape index (κ1) is 18.7. The van der Waals surface area contributed by atoms with Crippen molar-refractivity contribution >= 4 is 10.9 Å². The maximum atomic E-state index is 14.8. The average molecular weight is 389 g/mol. The lowest BCUT2D eigenvalue weighted by Gasteiger charge is -2.51. The van der Waals surface area contributed by atoms with Crippen LogP contribution >= 0.6 is 0 Å². The number of thiol groups is 1. The number of hydrogen-bond donors (Lipinski definition) is 3. The highest BCUT2D eigenvalue weighted by Crippen LogP contribution is 2.55. The summed E-state index contributed by atoms with van der Waals surface area (Å²) >= 11 is 0. The molecule has 1 aliphatic rings. The van der Waals surface area contributed by atoms with Gasteiger partial charge in [0.25, 0.3) is 0 Å². The van der Waals surface area contributed by atoms with E-state index in [1.807, 2.05) is 4.72 Å². The number of aromatic nitrogens is 2. The molecule has 0 saturated heterocycles. The zero-order valence-electron chi connectivity index (χ0n) is 14.0. The number of nitrogens with zero attached hydrogens (tertiary/aromatic N) is 1. The van der Waals surface area contributed by atoms with Gasteiger partial charge in [0, 0.05) is 24.8 Å². The van der Waals surface area contributed by atoms with Gasteiger partial charge in [0.15, 0.2) is 0 Å². The summed E-state index contributed by atoms with van der Waals surface area (Å²) in [7, 11) is -1.44. The van der Waals surface area contributed by atoms with Gasteiger partial charge in [-0.3, -0.25) is 0 Å². The molecule has 142 valence electrons. The fourth-order valence-corrected chi connectivity index (χ4v) is 3.80. The second kappa shape index (κ2) is 6.56. The maximum Gasteiger partial charge on any atom is 0.434 e. The predicted octanol–water partition coefficient (Wildman–Crippen LogP) is 0.742. The van der Waals surface area contributed by atoms with Gasteiger partial charge < -0.3 is 9.15 Å². The Morgan fingerprint density at radius 2 is 2.04 bits per heavy atom. The van der Waals surface area contributed by atoms with E-state index < -0.39 is 39.3 Å². The van der Waals surface area contributed by atoms with Crippen molar-refractivity contribution in [1.29, 1.82) is 0 Å². The van der Waals surface area contributed by atoms with Gasteiger partial charge in [-0.05, 0) is 31.9 Å². The number of ether oxygens (including phenoxy) is 1. The van der Waals surface area contributed by atoms with Crippen molar-refractivity contribution in [2.45, 2.75) is 37.3 Å². The molecule has 0 unspecified atom stereocenters. The molecular weight excluding hydrogens is 372 g/mol. The zero-order chi connectivity index (χ0) is 19.1. The molecule has 0 amide bonds. The van der Waals surface area contributed by atoms with Gasteiger partial charge in [-0.2, -0.15) is 0 Å². The van der Waals surface area contributed by atoms with E-state index in [-0.39, 0.29) is 36.4 Å². The summed E-state index contributed by atoms with van der Waals surface area (Å²) in [5.74, 6) is -2.39. The minimum atomic E-state index is -2.94. The molecule has 11 heteroatoms. The maximum absolute atomic E-state index is 14.8. The molecule has 1 fully saturated rings. The summed E-state index contributed by atoms with van der Waals surface area (Å²) in [6.07, 6.45) is 0.454. The van der Waals surface area contributed by atoms with Crippen molar-refractivity contribution in [3.8, 4) is 0 Å². The summed E-state index contributed by atoms with van der Waals surface area (Å²) in [5.41, 5.74) is -1.94. The Bertz CT molecular complexity index is 954. The number of hydrogen-bond acceptors (Lipinski definition) is 6. The van der Waals surface area contributed by atoms with Gasteiger partial charge in [0.1, 0.15) is 11.6 Å². The van der Waals surface area contributed by atoms with Crippen molar-refractivity contribution in [2.75, 3.05) is 7.11 Å². The highest BCUT2D eigenvalue weighted by atomic mass is 32.2. The van der Waals surface area contributed by atoms with E-state index in [0.29, 0.717) is 0 Å². The number of aromatic amines is 1. The summed E-state index contributed by atoms with van der Waals surface area (Å²) in [5, 5.41) is 5.93. The molecule has 2 N–H and O–H groups in total. The van der Waals surface area contributed by atoms with Gasteiger partial charge in [0.2, 0.25) is 16.8 Å². The fourth-order valence-electron chi connectivity index (χ4n) is 3.50. The normalized spacial score (nSPS) is 25.4. The lowest BCUT2D eigenvalue weighted by molar-refractivity contribution is -0.101. The second-order valence-electron chi connectivity index (χ2n) is 6.52. The predicted molar refractivity (Wildman–Crippen MR) is 86.1 cm³/mol. The zero-order valence-corrected chi connectivity index (χ0v) is 14.9. The van der Waals surface area contributed by atoms with E-state index in [4.69, 9.17) is 9.15 Å². The summed E-state index contributed by atoms with van der Waals surface area (Å²) < 4.78 is 62.8. The molecule has 1 aromatic heterocycles. The first-order chi connectivity index (χ1) is 12.2. The van der Waals surface area contributed by atoms with Crippen LogP contribution in [0.4, 0.5) is 8.78 Å². The summed E-state index contributed by atoms with van der Waals surface area (Å²) in [4.78, 5) is 11.3. The van der Waals surface area contributed by atoms with E-state index in [2.05, 4.69) is 10.2 Å². The second-order valence-corrected chi connectivity index (χ2v) is 7.35. The van der Waals surface area contributed by atoms with Crippen molar-refractivity contribution in [3.63, 3.8) is 0 Å². The van der Waals surface area contributed by atoms with Crippen LogP contribution in [-0.2, 0) is 27.6 Å². The molecule has 0 bridgehead atoms. The molecular formula is C15H17F2N3O5S. The molecule has 0 spiro atoms. The van der Waals surface area contributed by atoms with Crippen LogP contribution in [0.15, 0.2) is 21.3 Å². The van der Waals surface area contributed by atoms with E-state index in [1.54, 1.807) is 6.92 Å². The van der Waals surface area contributed by atoms with Crippen molar-refractivity contribution in [1.82, 2.24) is 14.9 Å². The van der Waals surface area contributed by atoms with Gasteiger partial charge >= 0.3 is 5.76 Å². The molecule has 1 heterocycles. The van der Waals surface area contributed by atoms with Crippen molar-refractivity contribution in [2.24, 2.45) is 0 Å². The van der Waals surface area contributed by atoms with Crippen LogP contribution in [-0.4, -0.2) is 31.3 Å². The summed E-state index contributed by atoms with van der Waals surface area (Å²) in [6, 6.07) is 1.90. The third-order valence-corrected chi connectivity index (χ3v) is 5.16. The number of nitrogens with one attached hydrogen (secondary N) is 2. The van der Waals surface area contributed by atoms with Crippen LogP contribution in [0.1, 0.15) is 36.8 Å². The van der Waals surface area contributed by atoms with Gasteiger partial charge in [-0.1, -0.05) is 0 Å². The Balaban J connectivity index is 2.06. The van der Waals surface area contributed by atoms with E-state index >= 15 is 0 Å². The van der Waals surface area contributed by atoms with Gasteiger partial charge in [0.05, 0.1) is 11.0 Å². The van der Waals surface area contributed by atoms with Crippen LogP contribution in [0, 0.1) is 11.6 Å². The SMILES string of the molecule is CO[C@]1(C)C[C@](c2n[nH]c(=O)o2)(c2cc(F)c(CN[SH](=O)=O)cc2F)C1. The Kier molecular flexibility index (Phi) is 4.71. The number of H-pyrrole nitrogens is 1. The molecule has 1 aliphatic carbocycles. The first-order valence-corrected chi connectivity index (χ1v) is 8.84. The lowest BCUT2D eigenvalue weighted by Crippen LogP contribution is -2.55. The van der Waals surface area contributed by atoms with Crippen LogP contribution in [0.2, 0.25) is 0 Å². The molecule has 0 aliphatic heterocycles. The topological polar surface area (TPSA) is 114 Å². The van der Waals surface area contributed by atoms with Crippen LogP contribution in [0.5, 0.6) is 0 Å². The highest BCUT2D eigenvalue weighted by Gasteiger charge is 2.58. The van der Waals surface area contributed by atoms with Crippen molar-refractivity contribution in [3.05, 3.63) is 51.3 Å². The van der Waals surface area contributed by atoms with Crippen LogP contribution in [0.25, 0.3) is 0 Å². The number of halogens is 2. The monoisotopic (exact) mass is 389 g/mol. The van der Waals surface area contributed by atoms with Crippen molar-refractivity contribution < 1.29 is 26.4 Å². The number of rotatable bonds is 6. The average Bonchev–Trinajstić information content (AvgIpc) is 2.99. The van der Waals surface area contributed by atoms with Gasteiger partial charge in [-0.15, -0.1) is 5.10 Å². The van der Waals surface area contributed by atoms with E-state index in [0.717, 1.165) is 12.1 Å². The van der Waals surface area contributed by atoms with Crippen LogP contribution < -0.4 is 10.5 Å². The van der Waals surface area contributed by atoms with E-state index in [1.165, 1.54) is 7.11 Å². The Morgan fingerprint density at radius 1 is 1.35 bits per heavy atom. The molecule has 0 atom stereocenters. The quantitative estimate of drug-likeness (QED) is 0.628. The molecule has 3 rings (SSSR count). The highest BCUT2D eigenvalue weighted by molar-refractivity contribution is 7.70. The molecule has 1 aromatic carbocycles. The standard InChI is InChI=1S/C15H17F2N3O5S/c1-14(24-2)6-15(7-14,12-19-20-13(21)25-12)9-4-10(16)8(3-11(9)17)5-18-26(22)23/h3-4,26H,5-7H2,1-2H3,(H,20,21)(H,18,22,23)/t14-,15-. The smallest absolute Gasteiger partial charge is 0.391 e. The largest absolute Gasteiger partial charge is 0.434 e. The van der Waals surface area contributed by atoms with Crippen LogP contribution in [0.3, 0.4) is 0 Å². The molecule has 8 nitrogen and oxygen atoms in total. The molecule has 26 heavy (non-hydrogen) atoms. The third kappa shape index (κ3) is 3.17.